The molecule has 1 aliphatic rings. The fraction of sp³-hybridized carbons (Fsp3) is 0.269. The molecule has 0 saturated carbocycles. The molecule has 4 heteroatoms. The predicted octanol–water partition coefficient (Wildman–Crippen LogP) is 1.74. The Kier molecular flexibility index (Phi) is 16.7. The molecular formula is C26H30Cl2SiZr. The molecule has 0 heterocycles. The van der Waals surface area contributed by atoms with Gasteiger partial charge in [0.15, 0.2) is 0 Å². The summed E-state index contributed by atoms with van der Waals surface area (Å²) >= 11 is 0. The van der Waals surface area contributed by atoms with Crippen LogP contribution in [-0.4, -0.2) is 9.52 Å². The second kappa shape index (κ2) is 15.9. The molecule has 3 aromatic carbocycles. The molecule has 0 amide bonds. The topological polar surface area (TPSA) is 0 Å². The summed E-state index contributed by atoms with van der Waals surface area (Å²) in [5.41, 5.74) is 6.86. The maximum absolute atomic E-state index is 3.36. The van der Waals surface area contributed by atoms with Crippen molar-refractivity contribution < 1.29 is 51.0 Å². The van der Waals surface area contributed by atoms with Gasteiger partial charge in [-0.1, -0.05) is 81.7 Å². The van der Waals surface area contributed by atoms with E-state index in [-0.39, 0.29) is 51.0 Å². The number of rotatable bonds is 1. The average molecular weight is 533 g/mol. The number of halogens is 2. The van der Waals surface area contributed by atoms with Crippen molar-refractivity contribution in [2.24, 2.45) is 5.92 Å². The van der Waals surface area contributed by atoms with E-state index >= 15 is 0 Å². The van der Waals surface area contributed by atoms with Gasteiger partial charge < -0.3 is 24.8 Å². The van der Waals surface area contributed by atoms with E-state index in [1.165, 1.54) is 38.6 Å². The van der Waals surface area contributed by atoms with Gasteiger partial charge in [-0.25, -0.2) is 5.57 Å². The smallest absolute Gasteiger partial charge is 1.00 e. The van der Waals surface area contributed by atoms with E-state index in [9.17, 15) is 0 Å². The molecule has 0 saturated heterocycles. The first-order valence-electron chi connectivity index (χ1n) is 9.55. The minimum atomic E-state index is 0. The van der Waals surface area contributed by atoms with E-state index < -0.39 is 0 Å². The van der Waals surface area contributed by atoms with Crippen LogP contribution in [0, 0.1) is 12.0 Å². The monoisotopic (exact) mass is 530 g/mol. The van der Waals surface area contributed by atoms with Crippen molar-refractivity contribution in [2.75, 3.05) is 0 Å². The first-order chi connectivity index (χ1) is 13.0. The summed E-state index contributed by atoms with van der Waals surface area (Å²) in [7, 11) is 1.08. The molecule has 0 aromatic heterocycles. The first-order valence-corrected chi connectivity index (χ1v) is 11.6. The predicted molar refractivity (Wildman–Crippen MR) is 122 cm³/mol. The van der Waals surface area contributed by atoms with Crippen molar-refractivity contribution in [3.8, 4) is 11.1 Å². The van der Waals surface area contributed by atoms with E-state index in [1.54, 1.807) is 0 Å². The number of hydrogen-bond acceptors (Lipinski definition) is 0. The van der Waals surface area contributed by atoms with E-state index in [0.29, 0.717) is 5.92 Å². The quantitative estimate of drug-likeness (QED) is 0.331. The van der Waals surface area contributed by atoms with Gasteiger partial charge in [-0.2, -0.15) is 11.1 Å². The van der Waals surface area contributed by atoms with Crippen LogP contribution in [0.1, 0.15) is 27.7 Å². The number of benzene rings is 2. The Labute approximate surface area is 217 Å². The number of allylic oxidation sites excluding steroid dienone is 4. The van der Waals surface area contributed by atoms with E-state index in [4.69, 9.17) is 0 Å². The molecule has 0 aliphatic heterocycles. The molecule has 3 aromatic rings. The van der Waals surface area contributed by atoms with Crippen LogP contribution in [0.3, 0.4) is 0 Å². The average Bonchev–Trinajstić information content (AvgIpc) is 3.21. The van der Waals surface area contributed by atoms with Crippen molar-refractivity contribution in [2.45, 2.75) is 40.8 Å². The molecule has 30 heavy (non-hydrogen) atoms. The van der Waals surface area contributed by atoms with Gasteiger partial charge in [0.2, 0.25) is 0 Å². The molecular weight excluding hydrogens is 503 g/mol. The summed E-state index contributed by atoms with van der Waals surface area (Å²) in [6.45, 7) is 13.0. The molecule has 2 radical (unpaired) electrons. The van der Waals surface area contributed by atoms with Gasteiger partial charge in [-0.05, 0) is 0 Å². The molecule has 1 aliphatic carbocycles. The largest absolute Gasteiger partial charge is 4.00 e. The standard InChI is InChI=1S/C15H11.C9H13.C2H6Si.2ClH.Zr/c1-2-6-12(7-3-1)15-11-10-13-8-4-5-9-14(13)15;1-6-5-7(2)9(4)8(6)3;1-3-2;;;/h1-11H;6H,1-4H3;1-2H3;2*1H;/q2*-1;;;;+4/p-2. The van der Waals surface area contributed by atoms with Crippen molar-refractivity contribution >= 4 is 20.3 Å². The van der Waals surface area contributed by atoms with Crippen LogP contribution in [0.25, 0.3) is 21.9 Å². The first kappa shape index (κ1) is 31.4. The van der Waals surface area contributed by atoms with Crippen LogP contribution in [0.15, 0.2) is 83.4 Å². The van der Waals surface area contributed by atoms with E-state index in [1.807, 2.05) is 0 Å². The number of fused-ring (bicyclic) bond motifs is 1. The van der Waals surface area contributed by atoms with Gasteiger partial charge in [0.1, 0.15) is 0 Å². The van der Waals surface area contributed by atoms with Crippen molar-refractivity contribution in [1.82, 2.24) is 0 Å². The van der Waals surface area contributed by atoms with Crippen molar-refractivity contribution in [3.63, 3.8) is 0 Å². The summed E-state index contributed by atoms with van der Waals surface area (Å²) in [6.07, 6.45) is 3.36. The third kappa shape index (κ3) is 8.39. The molecule has 0 bridgehead atoms. The maximum atomic E-state index is 3.36. The molecule has 156 valence electrons. The summed E-state index contributed by atoms with van der Waals surface area (Å²) in [5.74, 6) is 0.560. The van der Waals surface area contributed by atoms with Gasteiger partial charge in [-0.3, -0.25) is 6.08 Å². The molecule has 0 nitrogen and oxygen atoms in total. The summed E-state index contributed by atoms with van der Waals surface area (Å²) < 4.78 is 0. The Morgan fingerprint density at radius 3 is 1.87 bits per heavy atom. The fourth-order valence-electron chi connectivity index (χ4n) is 3.18. The van der Waals surface area contributed by atoms with Gasteiger partial charge in [0.05, 0.1) is 0 Å². The van der Waals surface area contributed by atoms with Crippen molar-refractivity contribution in [1.29, 1.82) is 0 Å². The Bertz CT molecular complexity index is 926. The van der Waals surface area contributed by atoms with Gasteiger partial charge >= 0.3 is 26.2 Å². The van der Waals surface area contributed by atoms with Gasteiger partial charge in [-0.15, -0.1) is 53.6 Å². The van der Waals surface area contributed by atoms with Crippen LogP contribution in [-0.2, 0) is 26.2 Å². The third-order valence-corrected chi connectivity index (χ3v) is 5.00. The Morgan fingerprint density at radius 2 is 1.40 bits per heavy atom. The van der Waals surface area contributed by atoms with Crippen LogP contribution < -0.4 is 24.8 Å². The summed E-state index contributed by atoms with van der Waals surface area (Å²) in [5, 5.41) is 2.65. The van der Waals surface area contributed by atoms with Crippen LogP contribution >= 0.6 is 0 Å². The minimum Gasteiger partial charge on any atom is -1.00 e. The zero-order valence-corrected chi connectivity index (χ0v) is 23.7. The molecule has 1 unspecified atom stereocenters. The van der Waals surface area contributed by atoms with Crippen LogP contribution in [0.5, 0.6) is 0 Å². The minimum absolute atomic E-state index is 0. The number of hydrogen-bond donors (Lipinski definition) is 0. The molecule has 0 spiro atoms. The third-order valence-electron chi connectivity index (χ3n) is 5.00. The summed E-state index contributed by atoms with van der Waals surface area (Å²) in [4.78, 5) is 0. The van der Waals surface area contributed by atoms with Crippen molar-refractivity contribution in [3.05, 3.63) is 89.5 Å². The van der Waals surface area contributed by atoms with Crippen LogP contribution in [0.2, 0.25) is 13.1 Å². The van der Waals surface area contributed by atoms with Crippen LogP contribution in [0.4, 0.5) is 0 Å². The molecule has 4 rings (SSSR count). The van der Waals surface area contributed by atoms with Gasteiger partial charge in [0, 0.05) is 9.52 Å². The van der Waals surface area contributed by atoms with E-state index in [2.05, 4.69) is 114 Å². The van der Waals surface area contributed by atoms with Gasteiger partial charge in [0.25, 0.3) is 0 Å². The molecule has 1 atom stereocenters. The van der Waals surface area contributed by atoms with E-state index in [0.717, 1.165) is 9.52 Å². The summed E-state index contributed by atoms with van der Waals surface area (Å²) in [6, 6.07) is 23.4. The second-order valence-corrected chi connectivity index (χ2v) is 8.00. The Hall–Kier alpha value is -0.790. The zero-order valence-electron chi connectivity index (χ0n) is 18.7. The Morgan fingerprint density at radius 1 is 0.867 bits per heavy atom. The molecule has 0 fully saturated rings. The second-order valence-electron chi connectivity index (χ2n) is 7.00. The normalized spacial score (nSPS) is 14.1. The Balaban J connectivity index is 0. The molecule has 0 N–H and O–H groups in total. The SMILES string of the molecule is CC1=[C-]C(C)C(C)=C1C.C[Si]C.[Cl-].[Cl-].[Zr+4].c1ccc(-c2c[cH-]c3ccccc23)cc1. The fourth-order valence-corrected chi connectivity index (χ4v) is 3.18. The zero-order chi connectivity index (χ0) is 19.8. The maximum Gasteiger partial charge on any atom is 4.00 e.